The van der Waals surface area contributed by atoms with Gasteiger partial charge in [0.15, 0.2) is 0 Å². The molecule has 4 nitrogen and oxygen atoms in total. The van der Waals surface area contributed by atoms with Gasteiger partial charge in [0.2, 0.25) is 0 Å². The van der Waals surface area contributed by atoms with Crippen molar-refractivity contribution in [2.75, 3.05) is 18.5 Å². The molecule has 0 aliphatic carbocycles. The minimum absolute atomic E-state index is 0.0793. The van der Waals surface area contributed by atoms with Crippen LogP contribution >= 0.6 is 0 Å². The highest BCUT2D eigenvalue weighted by Crippen LogP contribution is 2.12. The van der Waals surface area contributed by atoms with Gasteiger partial charge < -0.3 is 9.88 Å². The molecule has 0 aromatic carbocycles. The van der Waals surface area contributed by atoms with Crippen molar-refractivity contribution in [2.45, 2.75) is 33.6 Å². The maximum absolute atomic E-state index is 11.5. The summed E-state index contributed by atoms with van der Waals surface area (Å²) >= 11 is 0. The zero-order valence-corrected chi connectivity index (χ0v) is 10.7. The van der Waals surface area contributed by atoms with Gasteiger partial charge in [-0.2, -0.15) is 0 Å². The third kappa shape index (κ3) is 3.36. The van der Waals surface area contributed by atoms with E-state index < -0.39 is 0 Å². The van der Waals surface area contributed by atoms with Gasteiger partial charge in [0.1, 0.15) is 11.6 Å². The van der Waals surface area contributed by atoms with E-state index in [1.165, 1.54) is 0 Å². The van der Waals surface area contributed by atoms with Crippen LogP contribution in [0.1, 0.15) is 39.4 Å². The Labute approximate surface area is 96.7 Å². The van der Waals surface area contributed by atoms with Crippen molar-refractivity contribution in [3.8, 4) is 0 Å². The molecule has 0 saturated carbocycles. The van der Waals surface area contributed by atoms with Crippen LogP contribution in [0, 0.1) is 5.92 Å². The van der Waals surface area contributed by atoms with E-state index >= 15 is 0 Å². The van der Waals surface area contributed by atoms with Crippen LogP contribution in [0.5, 0.6) is 0 Å². The molecule has 0 spiro atoms. The van der Waals surface area contributed by atoms with Crippen LogP contribution in [0.15, 0.2) is 10.9 Å². The van der Waals surface area contributed by atoms with Crippen molar-refractivity contribution in [2.24, 2.45) is 5.92 Å². The first-order chi connectivity index (χ1) is 7.40. The first-order valence-electron chi connectivity index (χ1n) is 5.72. The van der Waals surface area contributed by atoms with E-state index in [2.05, 4.69) is 23.8 Å². The molecule has 16 heavy (non-hydrogen) atoms. The zero-order chi connectivity index (χ0) is 12.3. The van der Waals surface area contributed by atoms with Crippen LogP contribution in [0.2, 0.25) is 0 Å². The number of anilines is 1. The summed E-state index contributed by atoms with van der Waals surface area (Å²) in [5.41, 5.74) is -0.0793. The first kappa shape index (κ1) is 12.7. The van der Waals surface area contributed by atoms with Gasteiger partial charge >= 0.3 is 0 Å². The molecular weight excluding hydrogens is 202 g/mol. The summed E-state index contributed by atoms with van der Waals surface area (Å²) in [5.74, 6) is 2.29. The van der Waals surface area contributed by atoms with E-state index in [-0.39, 0.29) is 11.5 Å². The fraction of sp³-hybridized carbons (Fsp3) is 0.667. The highest BCUT2D eigenvalue weighted by molar-refractivity contribution is 5.36. The standard InChI is InChI=1S/C12H21N3O/c1-8(2)7-15(5)10-6-11(16)14-12(13-10)9(3)4/h6,8-9H,7H2,1-5H3,(H,13,14,16). The van der Waals surface area contributed by atoms with Crippen LogP contribution in [0.25, 0.3) is 0 Å². The van der Waals surface area contributed by atoms with Crippen LogP contribution in [0.3, 0.4) is 0 Å². The maximum atomic E-state index is 11.5. The maximum Gasteiger partial charge on any atom is 0.252 e. The topological polar surface area (TPSA) is 49.0 Å². The fourth-order valence-electron chi connectivity index (χ4n) is 1.57. The zero-order valence-electron chi connectivity index (χ0n) is 10.7. The van der Waals surface area contributed by atoms with Gasteiger partial charge in [-0.25, -0.2) is 4.98 Å². The predicted octanol–water partition coefficient (Wildman–Crippen LogP) is 1.99. The minimum Gasteiger partial charge on any atom is -0.359 e. The molecule has 0 bridgehead atoms. The summed E-state index contributed by atoms with van der Waals surface area (Å²) in [6.07, 6.45) is 0. The second-order valence-corrected chi connectivity index (χ2v) is 4.92. The van der Waals surface area contributed by atoms with Crippen molar-refractivity contribution >= 4 is 5.82 Å². The van der Waals surface area contributed by atoms with Crippen molar-refractivity contribution in [1.29, 1.82) is 0 Å². The number of hydrogen-bond donors (Lipinski definition) is 1. The molecule has 1 aromatic rings. The average Bonchev–Trinajstić information content (AvgIpc) is 2.15. The van der Waals surface area contributed by atoms with Gasteiger partial charge in [0.25, 0.3) is 5.56 Å². The smallest absolute Gasteiger partial charge is 0.252 e. The highest BCUT2D eigenvalue weighted by Gasteiger charge is 2.09. The molecule has 0 unspecified atom stereocenters. The third-order valence-electron chi connectivity index (χ3n) is 2.32. The van der Waals surface area contributed by atoms with Crippen molar-refractivity contribution < 1.29 is 0 Å². The second kappa shape index (κ2) is 5.14. The molecule has 0 aliphatic heterocycles. The van der Waals surface area contributed by atoms with Crippen molar-refractivity contribution in [1.82, 2.24) is 9.97 Å². The van der Waals surface area contributed by atoms with Gasteiger partial charge in [-0.15, -0.1) is 0 Å². The lowest BCUT2D eigenvalue weighted by Crippen LogP contribution is -2.26. The Balaban J connectivity index is 3.00. The molecule has 1 aromatic heterocycles. The predicted molar refractivity (Wildman–Crippen MR) is 67.1 cm³/mol. The molecule has 0 fully saturated rings. The second-order valence-electron chi connectivity index (χ2n) is 4.92. The summed E-state index contributed by atoms with van der Waals surface area (Å²) in [6, 6.07) is 1.55. The quantitative estimate of drug-likeness (QED) is 0.849. The normalized spacial score (nSPS) is 11.2. The Hall–Kier alpha value is -1.32. The molecule has 0 atom stereocenters. The molecule has 0 saturated heterocycles. The molecular formula is C12H21N3O. The lowest BCUT2D eigenvalue weighted by atomic mass is 10.2. The number of aromatic nitrogens is 2. The van der Waals surface area contributed by atoms with Gasteiger partial charge in [-0.3, -0.25) is 4.79 Å². The first-order valence-corrected chi connectivity index (χ1v) is 5.72. The Morgan fingerprint density at radius 2 is 2.00 bits per heavy atom. The SMILES string of the molecule is CC(C)CN(C)c1cc(=O)[nH]c(C(C)C)n1. The number of hydrogen-bond acceptors (Lipinski definition) is 3. The molecule has 4 heteroatoms. The Kier molecular flexibility index (Phi) is 4.10. The Morgan fingerprint density at radius 3 is 2.50 bits per heavy atom. The number of rotatable bonds is 4. The van der Waals surface area contributed by atoms with Gasteiger partial charge in [-0.1, -0.05) is 27.7 Å². The number of nitrogens with one attached hydrogen (secondary N) is 1. The van der Waals surface area contributed by atoms with Gasteiger partial charge in [0, 0.05) is 25.6 Å². The fourth-order valence-corrected chi connectivity index (χ4v) is 1.57. The summed E-state index contributed by atoms with van der Waals surface area (Å²) < 4.78 is 0. The Morgan fingerprint density at radius 1 is 1.38 bits per heavy atom. The van der Waals surface area contributed by atoms with E-state index in [4.69, 9.17) is 0 Å². The van der Waals surface area contributed by atoms with E-state index in [0.717, 1.165) is 18.2 Å². The summed E-state index contributed by atoms with van der Waals surface area (Å²) in [7, 11) is 1.96. The highest BCUT2D eigenvalue weighted by atomic mass is 16.1. The van der Waals surface area contributed by atoms with E-state index in [1.807, 2.05) is 25.8 Å². The van der Waals surface area contributed by atoms with Gasteiger partial charge in [0.05, 0.1) is 0 Å². The summed E-state index contributed by atoms with van der Waals surface area (Å²) in [4.78, 5) is 20.7. The van der Waals surface area contributed by atoms with Crippen LogP contribution in [-0.2, 0) is 0 Å². The van der Waals surface area contributed by atoms with E-state index in [0.29, 0.717) is 5.92 Å². The van der Waals surface area contributed by atoms with E-state index in [9.17, 15) is 4.79 Å². The largest absolute Gasteiger partial charge is 0.359 e. The monoisotopic (exact) mass is 223 g/mol. The number of H-pyrrole nitrogens is 1. The lowest BCUT2D eigenvalue weighted by Gasteiger charge is -2.20. The van der Waals surface area contributed by atoms with Crippen LogP contribution in [-0.4, -0.2) is 23.6 Å². The molecule has 0 aliphatic rings. The molecule has 0 amide bonds. The van der Waals surface area contributed by atoms with Crippen LogP contribution in [0.4, 0.5) is 5.82 Å². The van der Waals surface area contributed by atoms with Crippen molar-refractivity contribution in [3.63, 3.8) is 0 Å². The molecule has 90 valence electrons. The number of nitrogens with zero attached hydrogens (tertiary/aromatic N) is 2. The molecule has 0 radical (unpaired) electrons. The third-order valence-corrected chi connectivity index (χ3v) is 2.32. The minimum atomic E-state index is -0.0793. The molecule has 1 rings (SSSR count). The van der Waals surface area contributed by atoms with E-state index in [1.54, 1.807) is 6.07 Å². The lowest BCUT2D eigenvalue weighted by molar-refractivity contribution is 0.631. The molecule has 1 heterocycles. The van der Waals surface area contributed by atoms with Crippen molar-refractivity contribution in [3.05, 3.63) is 22.2 Å². The number of aromatic amines is 1. The summed E-state index contributed by atoms with van der Waals surface area (Å²) in [5, 5.41) is 0. The Bertz CT molecular complexity index is 395. The average molecular weight is 223 g/mol. The summed E-state index contributed by atoms with van der Waals surface area (Å²) in [6.45, 7) is 9.23. The van der Waals surface area contributed by atoms with Gasteiger partial charge in [-0.05, 0) is 5.92 Å². The van der Waals surface area contributed by atoms with Crippen LogP contribution < -0.4 is 10.5 Å². The molecule has 1 N–H and O–H groups in total.